The van der Waals surface area contributed by atoms with Crippen LogP contribution in [0, 0.1) is 98.8 Å². The SMILES string of the molecule is O=C(O)c1ccccc1.O=C(O)c1ccccc1.O=C([O-])c1ccccc1.O=C([O-])c1ccccc1.O=C([O-])c1ccccc1.O=C([O-])c1ccccc1.O=C([O-])c1ccccc1.O=C([O-])c1ccccc1.[Eu+3].[Eu+3].[OH3+].[OH3+].c1ccc(-c2cccc(-c3ccccn3)n2)nc1.c1ccc(-c2cccc(-c3ccccn3)n2)nc1. The number of carbonyl (C=O) groups excluding carboxylic acids is 6. The maximum atomic E-state index is 10.2. The summed E-state index contributed by atoms with van der Waals surface area (Å²) in [6.07, 6.45) is 7.07. The average Bonchev–Trinajstić information content (AvgIpc) is 0.842. The normalized spacial score (nSPS) is 9.00. The second-order valence-corrected chi connectivity index (χ2v) is 20.9. The van der Waals surface area contributed by atoms with E-state index in [0.717, 1.165) is 45.6 Å². The molecule has 24 nitrogen and oxygen atoms in total. The molecule has 0 saturated carbocycles. The van der Waals surface area contributed by atoms with Crippen LogP contribution >= 0.6 is 0 Å². The largest absolute Gasteiger partial charge is 3.00 e. The van der Waals surface area contributed by atoms with Gasteiger partial charge in [0.05, 0.1) is 92.5 Å². The van der Waals surface area contributed by atoms with Crippen LogP contribution in [0.5, 0.6) is 0 Å². The minimum Gasteiger partial charge on any atom is -0.545 e. The fourth-order valence-electron chi connectivity index (χ4n) is 8.10. The summed E-state index contributed by atoms with van der Waals surface area (Å²) in [4.78, 5) is 107. The summed E-state index contributed by atoms with van der Waals surface area (Å²) in [5.41, 5.74) is 8.90. The quantitative estimate of drug-likeness (QED) is 0.111. The second-order valence-electron chi connectivity index (χ2n) is 20.9. The zero-order valence-corrected chi connectivity index (χ0v) is 63.8. The van der Waals surface area contributed by atoms with Crippen LogP contribution in [0.15, 0.2) is 377 Å². The Morgan fingerprint density at radius 1 is 0.188 bits per heavy atom. The Kier molecular flexibility index (Phi) is 50.2. The number of carbonyl (C=O) groups is 8. The van der Waals surface area contributed by atoms with Gasteiger partial charge in [-0.25, -0.2) is 19.6 Å². The van der Waals surface area contributed by atoms with Crippen molar-refractivity contribution in [3.05, 3.63) is 421 Å². The maximum Gasteiger partial charge on any atom is 3.00 e. The predicted octanol–water partition coefficient (Wildman–Crippen LogP) is 7.64. The molecule has 564 valence electrons. The Labute approximate surface area is 725 Å². The van der Waals surface area contributed by atoms with Crippen LogP contribution in [-0.2, 0) is 11.0 Å². The van der Waals surface area contributed by atoms with Crippen molar-refractivity contribution in [3.63, 3.8) is 0 Å². The van der Waals surface area contributed by atoms with Crippen molar-refractivity contribution in [2.45, 2.75) is 0 Å². The summed E-state index contributed by atoms with van der Waals surface area (Å²) in [6, 6.07) is 99.9. The number of hydrogen-bond donors (Lipinski definition) is 2. The second kappa shape index (κ2) is 57.6. The van der Waals surface area contributed by atoms with Crippen LogP contribution in [0.2, 0.25) is 0 Å². The number of nitrogens with zero attached hydrogens (tertiary/aromatic N) is 6. The molecule has 0 atom stereocenters. The molecule has 0 saturated heterocycles. The number of aromatic nitrogens is 6. The van der Waals surface area contributed by atoms with E-state index in [1.807, 2.05) is 109 Å². The van der Waals surface area contributed by atoms with Gasteiger partial charge in [-0.2, -0.15) is 0 Å². The number of carboxylic acids is 8. The first-order valence-electron chi connectivity index (χ1n) is 32.1. The molecule has 6 aromatic heterocycles. The molecular weight excluding hydrogens is 1710 g/mol. The molecule has 6 heterocycles. The van der Waals surface area contributed by atoms with E-state index in [1.165, 1.54) is 72.8 Å². The first-order chi connectivity index (χ1) is 52.3. The van der Waals surface area contributed by atoms with Gasteiger partial charge in [-0.1, -0.05) is 255 Å². The third-order valence-corrected chi connectivity index (χ3v) is 13.3. The zero-order valence-electron chi connectivity index (χ0n) is 59.0. The van der Waals surface area contributed by atoms with E-state index in [-0.39, 0.29) is 143 Å². The summed E-state index contributed by atoms with van der Waals surface area (Å²) < 4.78 is 0. The standard InChI is InChI=1S/2C15H11N3.8C7H6O2.2Eu.2H2O/c2*1-3-10-16-12(6-1)14-8-5-9-15(18-14)13-7-2-4-11-17-13;8*8-7(9)6-4-2-1-3-5-6;;;;/h2*1-11H;8*1-5H,(H,8,9);;;2*1H2/q;;;;;;;;;;2*+3;;/p-4. The number of hydrogen-bond acceptors (Lipinski definition) is 20. The predicted molar refractivity (Wildman–Crippen MR) is 403 cm³/mol. The fourth-order valence-corrected chi connectivity index (χ4v) is 8.10. The minimum absolute atomic E-state index is 0. The molecule has 0 amide bonds. The number of carboxylic acid groups (broad SMARTS) is 8. The first kappa shape index (κ1) is 97.5. The molecule has 8 aromatic carbocycles. The van der Waals surface area contributed by atoms with E-state index in [4.69, 9.17) is 10.2 Å². The fraction of sp³-hybridized carbons (Fsp3) is 0. The summed E-state index contributed by atoms with van der Waals surface area (Å²) in [5.74, 6) is -8.53. The monoisotopic (exact) mass is 1780 g/mol. The van der Waals surface area contributed by atoms with E-state index in [1.54, 1.807) is 195 Å². The maximum absolute atomic E-state index is 10.2. The van der Waals surface area contributed by atoms with Crippen LogP contribution in [0.1, 0.15) is 82.9 Å². The number of pyridine rings is 6. The summed E-state index contributed by atoms with van der Waals surface area (Å²) in [5, 5.41) is 77.3. The van der Waals surface area contributed by atoms with Crippen molar-refractivity contribution < 1.29 is 189 Å². The van der Waals surface area contributed by atoms with Crippen LogP contribution < -0.4 is 30.6 Å². The Hall–Kier alpha value is -12.5. The molecule has 26 heteroatoms. The zero-order chi connectivity index (χ0) is 77.9. The molecule has 8 N–H and O–H groups in total. The van der Waals surface area contributed by atoms with Crippen LogP contribution in [-0.4, -0.2) is 87.9 Å². The topological polar surface area (TPSA) is 459 Å². The molecule has 0 aliphatic heterocycles. The third kappa shape index (κ3) is 39.6. The van der Waals surface area contributed by atoms with Crippen molar-refractivity contribution in [2.75, 3.05) is 0 Å². The van der Waals surface area contributed by atoms with Crippen molar-refractivity contribution >= 4 is 47.8 Å². The Bertz CT molecular complexity index is 4150. The summed E-state index contributed by atoms with van der Waals surface area (Å²) in [7, 11) is 0. The Morgan fingerprint density at radius 2 is 0.321 bits per heavy atom. The van der Waals surface area contributed by atoms with Crippen molar-refractivity contribution in [2.24, 2.45) is 0 Å². The smallest absolute Gasteiger partial charge is 0.545 e. The van der Waals surface area contributed by atoms with Gasteiger partial charge in [0.25, 0.3) is 0 Å². The summed E-state index contributed by atoms with van der Waals surface area (Å²) in [6.45, 7) is 0. The molecule has 14 rings (SSSR count). The van der Waals surface area contributed by atoms with Crippen molar-refractivity contribution in [1.29, 1.82) is 0 Å². The first-order valence-corrected chi connectivity index (χ1v) is 32.1. The van der Waals surface area contributed by atoms with Crippen molar-refractivity contribution in [3.8, 4) is 45.6 Å². The van der Waals surface area contributed by atoms with E-state index < -0.39 is 47.8 Å². The van der Waals surface area contributed by atoms with Crippen LogP contribution in [0.4, 0.5) is 0 Å². The van der Waals surface area contributed by atoms with Gasteiger partial charge in [-0.3, -0.25) is 19.9 Å². The number of aromatic carboxylic acids is 8. The molecule has 0 fully saturated rings. The molecule has 0 bridgehead atoms. The molecule has 14 aromatic rings. The van der Waals surface area contributed by atoms with Crippen molar-refractivity contribution in [1.82, 2.24) is 29.9 Å². The van der Waals surface area contributed by atoms with Gasteiger partial charge < -0.3 is 80.6 Å². The van der Waals surface area contributed by atoms with E-state index in [9.17, 15) is 69.0 Å². The van der Waals surface area contributed by atoms with Crippen LogP contribution in [0.25, 0.3) is 45.6 Å². The van der Waals surface area contributed by atoms with E-state index in [2.05, 4.69) is 29.9 Å². The Morgan fingerprint density at radius 3 is 0.429 bits per heavy atom. The van der Waals surface area contributed by atoms with E-state index in [0.29, 0.717) is 11.1 Å². The molecule has 0 radical (unpaired) electrons. The van der Waals surface area contributed by atoms with E-state index >= 15 is 0 Å². The minimum atomic E-state index is -1.13. The number of rotatable bonds is 12. The van der Waals surface area contributed by atoms with Gasteiger partial charge in [0.2, 0.25) is 0 Å². The van der Waals surface area contributed by atoms with Gasteiger partial charge in [0.15, 0.2) is 0 Å². The van der Waals surface area contributed by atoms with Gasteiger partial charge in [-0.05, 0) is 130 Å². The molecular formula is C86H70Eu2N6O18+2. The molecule has 0 spiro atoms. The Balaban J connectivity index is 0.000000630. The molecule has 0 aliphatic rings. The average molecular weight is 1780 g/mol. The summed E-state index contributed by atoms with van der Waals surface area (Å²) >= 11 is 0. The third-order valence-electron chi connectivity index (χ3n) is 13.3. The van der Waals surface area contributed by atoms with Gasteiger partial charge in [-0.15, -0.1) is 0 Å². The van der Waals surface area contributed by atoms with Crippen LogP contribution in [0.3, 0.4) is 0 Å². The van der Waals surface area contributed by atoms with Gasteiger partial charge in [0.1, 0.15) is 0 Å². The molecule has 0 unspecified atom stereocenters. The molecule has 0 aliphatic carbocycles. The number of benzene rings is 8. The van der Waals surface area contributed by atoms with Gasteiger partial charge >= 0.3 is 111 Å². The molecule has 112 heavy (non-hydrogen) atoms. The van der Waals surface area contributed by atoms with Gasteiger partial charge in [0, 0.05) is 24.8 Å².